The molecule has 1 aromatic rings. The van der Waals surface area contributed by atoms with Gasteiger partial charge in [-0.2, -0.15) is 0 Å². The molecule has 1 saturated heterocycles. The average Bonchev–Trinajstić information content (AvgIpc) is 2.98. The van der Waals surface area contributed by atoms with E-state index in [1.165, 1.54) is 25.7 Å². The van der Waals surface area contributed by atoms with Gasteiger partial charge in [-0.1, -0.05) is 19.1 Å². The van der Waals surface area contributed by atoms with Crippen molar-refractivity contribution in [1.29, 1.82) is 0 Å². The molecule has 0 radical (unpaired) electrons. The molecule has 0 saturated carbocycles. The zero-order valence-corrected chi connectivity index (χ0v) is 15.0. The molecule has 1 atom stereocenters. The molecular weight excluding hydrogens is 334 g/mol. The monoisotopic (exact) mass is 357 g/mol. The highest BCUT2D eigenvalue weighted by atomic mass is 32.2. The molecule has 128 valence electrons. The Morgan fingerprint density at radius 1 is 1.52 bits per heavy atom. The molecule has 1 unspecified atom stereocenters. The van der Waals surface area contributed by atoms with Gasteiger partial charge in [-0.05, 0) is 44.1 Å². The lowest BCUT2D eigenvalue weighted by Gasteiger charge is -2.23. The molecule has 6 nitrogen and oxygen atoms in total. The SMILES string of the molecule is CCN1CCCC1CNC(=S)c1cc(S(N)(=O)=O)ccc1OC. The summed E-state index contributed by atoms with van der Waals surface area (Å²) in [6.45, 7) is 5.01. The summed E-state index contributed by atoms with van der Waals surface area (Å²) >= 11 is 5.42. The number of thiocarbonyl (C=S) groups is 1. The second-order valence-corrected chi connectivity index (χ2v) is 7.51. The first-order valence-electron chi connectivity index (χ1n) is 7.60. The Kier molecular flexibility index (Phi) is 5.96. The molecule has 1 fully saturated rings. The number of nitrogens with two attached hydrogens (primary N) is 1. The molecule has 1 aliphatic rings. The maximum Gasteiger partial charge on any atom is 0.238 e. The minimum Gasteiger partial charge on any atom is -0.496 e. The van der Waals surface area contributed by atoms with Crippen molar-refractivity contribution in [3.05, 3.63) is 23.8 Å². The van der Waals surface area contributed by atoms with Gasteiger partial charge in [0.1, 0.15) is 10.7 Å². The number of methoxy groups -OCH3 is 1. The van der Waals surface area contributed by atoms with Crippen LogP contribution in [0.2, 0.25) is 0 Å². The van der Waals surface area contributed by atoms with E-state index in [-0.39, 0.29) is 4.90 Å². The summed E-state index contributed by atoms with van der Waals surface area (Å²) in [6, 6.07) is 4.88. The van der Waals surface area contributed by atoms with Crippen LogP contribution in [-0.2, 0) is 10.0 Å². The lowest BCUT2D eigenvalue weighted by molar-refractivity contribution is 0.267. The fourth-order valence-electron chi connectivity index (χ4n) is 2.89. The highest BCUT2D eigenvalue weighted by Gasteiger charge is 2.23. The van der Waals surface area contributed by atoms with Crippen molar-refractivity contribution >= 4 is 27.2 Å². The number of ether oxygens (including phenoxy) is 1. The van der Waals surface area contributed by atoms with E-state index in [4.69, 9.17) is 22.1 Å². The first-order valence-corrected chi connectivity index (χ1v) is 9.55. The average molecular weight is 358 g/mol. The summed E-state index contributed by atoms with van der Waals surface area (Å²) in [5.74, 6) is 0.522. The van der Waals surface area contributed by atoms with Crippen LogP contribution in [0.4, 0.5) is 0 Å². The van der Waals surface area contributed by atoms with Gasteiger partial charge >= 0.3 is 0 Å². The zero-order valence-electron chi connectivity index (χ0n) is 13.4. The number of likely N-dealkylation sites (tertiary alicyclic amines) is 1. The summed E-state index contributed by atoms with van der Waals surface area (Å²) in [4.78, 5) is 2.90. The summed E-state index contributed by atoms with van der Waals surface area (Å²) in [5, 5.41) is 8.42. The molecule has 0 amide bonds. The third kappa shape index (κ3) is 4.41. The minimum atomic E-state index is -3.78. The van der Waals surface area contributed by atoms with Crippen LogP contribution in [0.5, 0.6) is 5.75 Å². The molecule has 23 heavy (non-hydrogen) atoms. The van der Waals surface area contributed by atoms with E-state index in [1.807, 2.05) is 0 Å². The Hall–Kier alpha value is -1.22. The largest absolute Gasteiger partial charge is 0.496 e. The quantitative estimate of drug-likeness (QED) is 0.742. The number of benzene rings is 1. The number of primary sulfonamides is 1. The molecule has 1 aliphatic heterocycles. The van der Waals surface area contributed by atoms with Gasteiger partial charge in [-0.3, -0.25) is 4.90 Å². The first-order chi connectivity index (χ1) is 10.9. The van der Waals surface area contributed by atoms with Crippen molar-refractivity contribution < 1.29 is 13.2 Å². The molecule has 0 aromatic heterocycles. The fraction of sp³-hybridized carbons (Fsp3) is 0.533. The normalized spacial score (nSPS) is 18.8. The maximum atomic E-state index is 11.5. The third-order valence-electron chi connectivity index (χ3n) is 4.15. The Balaban J connectivity index is 2.14. The van der Waals surface area contributed by atoms with Gasteiger partial charge in [0.05, 0.1) is 17.6 Å². The van der Waals surface area contributed by atoms with Crippen LogP contribution in [0.15, 0.2) is 23.1 Å². The minimum absolute atomic E-state index is 0.0218. The summed E-state index contributed by atoms with van der Waals surface area (Å²) < 4.78 is 28.3. The van der Waals surface area contributed by atoms with E-state index in [0.29, 0.717) is 22.3 Å². The predicted octanol–water partition coefficient (Wildman–Crippen LogP) is 1.09. The van der Waals surface area contributed by atoms with Gasteiger partial charge in [-0.15, -0.1) is 0 Å². The van der Waals surface area contributed by atoms with E-state index < -0.39 is 10.0 Å². The van der Waals surface area contributed by atoms with E-state index in [0.717, 1.165) is 26.1 Å². The van der Waals surface area contributed by atoms with E-state index >= 15 is 0 Å². The molecule has 1 aromatic carbocycles. The Bertz CT molecular complexity index is 677. The van der Waals surface area contributed by atoms with Crippen molar-refractivity contribution in [2.75, 3.05) is 26.7 Å². The number of nitrogens with one attached hydrogen (secondary N) is 1. The van der Waals surface area contributed by atoms with E-state index in [1.54, 1.807) is 6.07 Å². The second kappa shape index (κ2) is 7.57. The number of likely N-dealkylation sites (N-methyl/N-ethyl adjacent to an activating group) is 1. The van der Waals surface area contributed by atoms with Gasteiger partial charge in [0, 0.05) is 12.6 Å². The summed E-state index contributed by atoms with van der Waals surface area (Å²) in [6.07, 6.45) is 2.33. The van der Waals surface area contributed by atoms with Gasteiger partial charge in [0.15, 0.2) is 0 Å². The van der Waals surface area contributed by atoms with Gasteiger partial charge in [0.2, 0.25) is 10.0 Å². The Morgan fingerprint density at radius 2 is 2.26 bits per heavy atom. The van der Waals surface area contributed by atoms with Crippen LogP contribution in [0.25, 0.3) is 0 Å². The molecule has 0 aliphatic carbocycles. The van der Waals surface area contributed by atoms with Crippen molar-refractivity contribution in [2.45, 2.75) is 30.7 Å². The number of hydrogen-bond acceptors (Lipinski definition) is 5. The van der Waals surface area contributed by atoms with Crippen molar-refractivity contribution in [1.82, 2.24) is 10.2 Å². The highest BCUT2D eigenvalue weighted by Crippen LogP contribution is 2.23. The topological polar surface area (TPSA) is 84.7 Å². The van der Waals surface area contributed by atoms with Crippen LogP contribution >= 0.6 is 12.2 Å². The lowest BCUT2D eigenvalue weighted by Crippen LogP contribution is -2.39. The van der Waals surface area contributed by atoms with Gasteiger partial charge in [-0.25, -0.2) is 13.6 Å². The number of nitrogens with zero attached hydrogens (tertiary/aromatic N) is 1. The molecule has 0 bridgehead atoms. The summed E-state index contributed by atoms with van der Waals surface area (Å²) in [7, 11) is -2.26. The number of sulfonamides is 1. The molecule has 1 heterocycles. The molecule has 2 rings (SSSR count). The first kappa shape index (κ1) is 18.1. The third-order valence-corrected chi connectivity index (χ3v) is 5.42. The van der Waals surface area contributed by atoms with Crippen LogP contribution in [-0.4, -0.2) is 51.1 Å². The van der Waals surface area contributed by atoms with E-state index in [2.05, 4.69) is 17.1 Å². The van der Waals surface area contributed by atoms with E-state index in [9.17, 15) is 8.42 Å². The van der Waals surface area contributed by atoms with Crippen LogP contribution in [0.1, 0.15) is 25.3 Å². The molecule has 3 N–H and O–H groups in total. The number of rotatable bonds is 6. The lowest BCUT2D eigenvalue weighted by atomic mass is 10.1. The molecular formula is C15H23N3O3S2. The Labute approximate surface area is 143 Å². The second-order valence-electron chi connectivity index (χ2n) is 5.54. The molecule has 0 spiro atoms. The maximum absolute atomic E-state index is 11.5. The van der Waals surface area contributed by atoms with Crippen molar-refractivity contribution in [3.8, 4) is 5.75 Å². The smallest absolute Gasteiger partial charge is 0.238 e. The zero-order chi connectivity index (χ0) is 17.0. The van der Waals surface area contributed by atoms with Crippen molar-refractivity contribution in [3.63, 3.8) is 0 Å². The molecule has 8 heteroatoms. The van der Waals surface area contributed by atoms with Gasteiger partial charge in [0.25, 0.3) is 0 Å². The van der Waals surface area contributed by atoms with Crippen molar-refractivity contribution in [2.24, 2.45) is 5.14 Å². The predicted molar refractivity (Wildman–Crippen MR) is 94.3 cm³/mol. The van der Waals surface area contributed by atoms with Crippen LogP contribution in [0.3, 0.4) is 0 Å². The van der Waals surface area contributed by atoms with Crippen LogP contribution in [0, 0.1) is 0 Å². The highest BCUT2D eigenvalue weighted by molar-refractivity contribution is 7.89. The summed E-state index contributed by atoms with van der Waals surface area (Å²) in [5.41, 5.74) is 0.537. The number of hydrogen-bond donors (Lipinski definition) is 2. The van der Waals surface area contributed by atoms with Crippen LogP contribution < -0.4 is 15.2 Å². The Morgan fingerprint density at radius 3 is 2.87 bits per heavy atom. The fourth-order valence-corrected chi connectivity index (χ4v) is 3.67. The standard InChI is InChI=1S/C15H23N3O3S2/c1-3-18-8-4-5-11(18)10-17-15(22)13-9-12(23(16,19)20)6-7-14(13)21-2/h6-7,9,11H,3-5,8,10H2,1-2H3,(H,17,22)(H2,16,19,20). The van der Waals surface area contributed by atoms with Gasteiger partial charge < -0.3 is 10.1 Å².